The van der Waals surface area contributed by atoms with Crippen LogP contribution < -0.4 is 11.1 Å². The molecule has 3 atom stereocenters. The van der Waals surface area contributed by atoms with Gasteiger partial charge in [-0.25, -0.2) is 4.98 Å². The lowest BCUT2D eigenvalue weighted by molar-refractivity contribution is -0.121. The molecular formula is C16H25N3O2S2. The summed E-state index contributed by atoms with van der Waals surface area (Å²) in [7, 11) is 0. The summed E-state index contributed by atoms with van der Waals surface area (Å²) in [6, 6.07) is 0.294. The molecule has 3 N–H and O–H groups in total. The molecule has 128 valence electrons. The molecule has 23 heavy (non-hydrogen) atoms. The normalized spacial score (nSPS) is 22.6. The number of rotatable bonds is 6. The number of nitrogens with one attached hydrogen (secondary N) is 1. The summed E-state index contributed by atoms with van der Waals surface area (Å²) in [5.74, 6) is 0.262. The molecule has 0 radical (unpaired) electrons. The Kier molecular flexibility index (Phi) is 6.47. The topological polar surface area (TPSA) is 85.1 Å². The highest BCUT2D eigenvalue weighted by Crippen LogP contribution is 2.31. The number of thioether (sulfide) groups is 1. The lowest BCUT2D eigenvalue weighted by atomic mass is 9.86. The Morgan fingerprint density at radius 3 is 2.78 bits per heavy atom. The van der Waals surface area contributed by atoms with E-state index in [2.05, 4.69) is 17.2 Å². The number of carbonyl (C=O) groups is 2. The van der Waals surface area contributed by atoms with Gasteiger partial charge in [0.05, 0.1) is 17.4 Å². The third-order valence-corrected chi connectivity index (χ3v) is 6.65. The molecule has 1 heterocycles. The molecular weight excluding hydrogens is 330 g/mol. The van der Waals surface area contributed by atoms with Gasteiger partial charge in [0.2, 0.25) is 11.8 Å². The average Bonchev–Trinajstić information content (AvgIpc) is 2.80. The van der Waals surface area contributed by atoms with Crippen LogP contribution in [-0.4, -0.2) is 28.1 Å². The van der Waals surface area contributed by atoms with Gasteiger partial charge >= 0.3 is 0 Å². The zero-order valence-electron chi connectivity index (χ0n) is 13.9. The molecule has 1 aliphatic rings. The van der Waals surface area contributed by atoms with Crippen molar-refractivity contribution >= 4 is 34.9 Å². The fraction of sp³-hybridized carbons (Fsp3) is 0.688. The van der Waals surface area contributed by atoms with Gasteiger partial charge in [-0.05, 0) is 32.6 Å². The highest BCUT2D eigenvalue weighted by molar-refractivity contribution is 8.02. The first kappa shape index (κ1) is 18.3. The van der Waals surface area contributed by atoms with E-state index in [1.54, 1.807) is 0 Å². The first-order valence-corrected chi connectivity index (χ1v) is 9.78. The van der Waals surface area contributed by atoms with Gasteiger partial charge in [0.25, 0.3) is 0 Å². The highest BCUT2D eigenvalue weighted by Gasteiger charge is 2.25. The monoisotopic (exact) mass is 355 g/mol. The summed E-state index contributed by atoms with van der Waals surface area (Å²) in [4.78, 5) is 28.8. The van der Waals surface area contributed by atoms with Crippen molar-refractivity contribution in [2.45, 2.75) is 68.5 Å². The lowest BCUT2D eigenvalue weighted by Crippen LogP contribution is -2.44. The summed E-state index contributed by atoms with van der Waals surface area (Å²) in [6.45, 7) is 5.98. The first-order chi connectivity index (χ1) is 10.9. The molecule has 2 rings (SSSR count). The van der Waals surface area contributed by atoms with Crippen LogP contribution in [0.2, 0.25) is 0 Å². The molecule has 0 aromatic carbocycles. The van der Waals surface area contributed by atoms with E-state index in [4.69, 9.17) is 5.73 Å². The van der Waals surface area contributed by atoms with Gasteiger partial charge in [-0.15, -0.1) is 11.3 Å². The third kappa shape index (κ3) is 5.21. The molecule has 0 unspecified atom stereocenters. The van der Waals surface area contributed by atoms with Crippen molar-refractivity contribution in [1.82, 2.24) is 10.3 Å². The molecule has 7 heteroatoms. The van der Waals surface area contributed by atoms with Crippen LogP contribution in [0.25, 0.3) is 0 Å². The highest BCUT2D eigenvalue weighted by atomic mass is 32.2. The van der Waals surface area contributed by atoms with Crippen molar-refractivity contribution < 1.29 is 9.59 Å². The standard InChI is InChI=1S/C16H25N3O2S2/c1-9-6-4-5-7-12(9)19-15(21)11(3)22-16-18-10(2)13(23-16)8-14(17)20/h9,11-12H,4-8H2,1-3H3,(H2,17,20)(H,19,21)/t9-,11+,12-/m0/s1. The smallest absolute Gasteiger partial charge is 0.233 e. The number of aryl methyl sites for hydroxylation is 1. The van der Waals surface area contributed by atoms with E-state index in [-0.39, 0.29) is 23.5 Å². The van der Waals surface area contributed by atoms with Crippen LogP contribution in [0.1, 0.15) is 50.1 Å². The number of primary amides is 1. The second kappa shape index (κ2) is 8.15. The Bertz CT molecular complexity index is 574. The number of thiazole rings is 1. The summed E-state index contributed by atoms with van der Waals surface area (Å²) >= 11 is 2.90. The maximum Gasteiger partial charge on any atom is 0.233 e. The second-order valence-corrected chi connectivity index (χ2v) is 8.94. The van der Waals surface area contributed by atoms with Crippen molar-refractivity contribution in [2.75, 3.05) is 0 Å². The Hall–Kier alpha value is -1.08. The van der Waals surface area contributed by atoms with Crippen LogP contribution in [0.15, 0.2) is 4.34 Å². The van der Waals surface area contributed by atoms with Crippen LogP contribution in [0.4, 0.5) is 0 Å². The van der Waals surface area contributed by atoms with Crippen molar-refractivity contribution in [2.24, 2.45) is 11.7 Å². The van der Waals surface area contributed by atoms with E-state index in [0.717, 1.165) is 21.3 Å². The van der Waals surface area contributed by atoms with Crippen LogP contribution >= 0.6 is 23.1 Å². The lowest BCUT2D eigenvalue weighted by Gasteiger charge is -2.30. The minimum Gasteiger partial charge on any atom is -0.369 e. The number of nitrogens with zero attached hydrogens (tertiary/aromatic N) is 1. The zero-order valence-corrected chi connectivity index (χ0v) is 15.6. The number of aromatic nitrogens is 1. The number of hydrogen-bond acceptors (Lipinski definition) is 5. The SMILES string of the molecule is Cc1nc(S[C@H](C)C(=O)N[C@H]2CCCC[C@@H]2C)sc1CC(N)=O. The molecule has 5 nitrogen and oxygen atoms in total. The Morgan fingerprint density at radius 1 is 1.43 bits per heavy atom. The number of hydrogen-bond donors (Lipinski definition) is 2. The summed E-state index contributed by atoms with van der Waals surface area (Å²) in [6.07, 6.45) is 4.93. The molecule has 1 aromatic rings. The van der Waals surface area contributed by atoms with E-state index in [0.29, 0.717) is 12.0 Å². The zero-order chi connectivity index (χ0) is 17.0. The number of nitrogens with two attached hydrogens (primary N) is 1. The van der Waals surface area contributed by atoms with E-state index in [1.807, 2.05) is 13.8 Å². The van der Waals surface area contributed by atoms with Crippen molar-refractivity contribution in [3.8, 4) is 0 Å². The summed E-state index contributed by atoms with van der Waals surface area (Å²) in [5.41, 5.74) is 6.06. The molecule has 1 aromatic heterocycles. The first-order valence-electron chi connectivity index (χ1n) is 8.08. The van der Waals surface area contributed by atoms with Gasteiger partial charge < -0.3 is 11.1 Å². The van der Waals surface area contributed by atoms with Gasteiger partial charge in [-0.1, -0.05) is 31.5 Å². The van der Waals surface area contributed by atoms with Crippen molar-refractivity contribution in [3.63, 3.8) is 0 Å². The van der Waals surface area contributed by atoms with Gasteiger partial charge in [0.1, 0.15) is 0 Å². The Labute approximate surface area is 145 Å². The van der Waals surface area contributed by atoms with Gasteiger partial charge in [-0.3, -0.25) is 9.59 Å². The van der Waals surface area contributed by atoms with E-state index in [9.17, 15) is 9.59 Å². The van der Waals surface area contributed by atoms with Crippen LogP contribution in [-0.2, 0) is 16.0 Å². The Balaban J connectivity index is 1.91. The molecule has 0 spiro atoms. The summed E-state index contributed by atoms with van der Waals surface area (Å²) in [5, 5.41) is 2.99. The van der Waals surface area contributed by atoms with E-state index in [1.165, 1.54) is 42.4 Å². The quantitative estimate of drug-likeness (QED) is 0.768. The van der Waals surface area contributed by atoms with Crippen molar-refractivity contribution in [3.05, 3.63) is 10.6 Å². The second-order valence-electron chi connectivity index (χ2n) is 6.27. The average molecular weight is 356 g/mol. The van der Waals surface area contributed by atoms with Crippen LogP contribution in [0.5, 0.6) is 0 Å². The molecule has 0 aliphatic heterocycles. The predicted octanol–water partition coefficient (Wildman–Crippen LogP) is 2.65. The maximum atomic E-state index is 12.4. The number of amides is 2. The fourth-order valence-corrected chi connectivity index (χ4v) is 5.21. The van der Waals surface area contributed by atoms with Crippen LogP contribution in [0, 0.1) is 12.8 Å². The molecule has 1 fully saturated rings. The minimum absolute atomic E-state index is 0.0676. The summed E-state index contributed by atoms with van der Waals surface area (Å²) < 4.78 is 0.818. The van der Waals surface area contributed by atoms with Crippen molar-refractivity contribution in [1.29, 1.82) is 0 Å². The third-order valence-electron chi connectivity index (χ3n) is 4.29. The van der Waals surface area contributed by atoms with E-state index < -0.39 is 0 Å². The largest absolute Gasteiger partial charge is 0.369 e. The molecule has 0 bridgehead atoms. The molecule has 2 amide bonds. The van der Waals surface area contributed by atoms with Gasteiger partial charge in [-0.2, -0.15) is 0 Å². The van der Waals surface area contributed by atoms with E-state index >= 15 is 0 Å². The molecule has 1 aliphatic carbocycles. The fourth-order valence-electron chi connectivity index (χ4n) is 2.81. The molecule has 0 saturated heterocycles. The van der Waals surface area contributed by atoms with Crippen LogP contribution in [0.3, 0.4) is 0 Å². The molecule has 1 saturated carbocycles. The van der Waals surface area contributed by atoms with Gasteiger partial charge in [0.15, 0.2) is 4.34 Å². The number of carbonyl (C=O) groups excluding carboxylic acids is 2. The Morgan fingerprint density at radius 2 is 2.13 bits per heavy atom. The predicted molar refractivity (Wildman–Crippen MR) is 94.6 cm³/mol. The minimum atomic E-state index is -0.356. The maximum absolute atomic E-state index is 12.4. The van der Waals surface area contributed by atoms with Gasteiger partial charge in [0, 0.05) is 10.9 Å².